The standard InChI is InChI=1S/C31H37Cl2F2N3O3/c1-30(2,3)15-24-31(19-13-22(34)21(33)14-23(19)37-29(31)41)25(18-7-4-8-20(32)26(18)35)27(38-24)28(40)36-11-5-6-16-9-10-17(39)12-16/h4,7-8,13-14,16-17,24-25,27,38-39H,5-6,9-12,15H2,1-3H3,(H,36,40)(H,37,41)/t16-,17+,24+,25-,27+,31-/m0/s1. The van der Waals surface area contributed by atoms with Crippen LogP contribution in [0.4, 0.5) is 14.5 Å². The molecule has 6 atom stereocenters. The molecule has 2 fully saturated rings. The summed E-state index contributed by atoms with van der Waals surface area (Å²) in [6.45, 7) is 6.45. The summed E-state index contributed by atoms with van der Waals surface area (Å²) < 4.78 is 30.8. The monoisotopic (exact) mass is 607 g/mol. The Kier molecular flexibility index (Phi) is 8.43. The molecular weight excluding hydrogens is 571 g/mol. The first-order chi connectivity index (χ1) is 19.3. The number of hydrogen-bond donors (Lipinski definition) is 4. The van der Waals surface area contributed by atoms with Crippen LogP contribution in [0.2, 0.25) is 10.0 Å². The molecule has 2 heterocycles. The third kappa shape index (κ3) is 5.61. The van der Waals surface area contributed by atoms with E-state index < -0.39 is 41.0 Å². The highest BCUT2D eigenvalue weighted by atomic mass is 35.5. The van der Waals surface area contributed by atoms with E-state index in [9.17, 15) is 14.7 Å². The predicted molar refractivity (Wildman–Crippen MR) is 156 cm³/mol. The van der Waals surface area contributed by atoms with E-state index in [1.165, 1.54) is 24.3 Å². The van der Waals surface area contributed by atoms with E-state index in [1.54, 1.807) is 6.07 Å². The lowest BCUT2D eigenvalue weighted by Gasteiger charge is -2.37. The van der Waals surface area contributed by atoms with Gasteiger partial charge in [0.15, 0.2) is 0 Å². The minimum absolute atomic E-state index is 0.111. The maximum atomic E-state index is 15.8. The molecule has 3 aliphatic rings. The largest absolute Gasteiger partial charge is 0.393 e. The lowest BCUT2D eigenvalue weighted by molar-refractivity contribution is -0.123. The molecule has 41 heavy (non-hydrogen) atoms. The summed E-state index contributed by atoms with van der Waals surface area (Å²) >= 11 is 12.3. The van der Waals surface area contributed by atoms with Crippen LogP contribution in [-0.2, 0) is 15.0 Å². The third-order valence-electron chi connectivity index (χ3n) is 8.90. The molecule has 0 aromatic heterocycles. The molecule has 6 nitrogen and oxygen atoms in total. The highest BCUT2D eigenvalue weighted by molar-refractivity contribution is 6.31. The molecule has 222 valence electrons. The van der Waals surface area contributed by atoms with Gasteiger partial charge in [-0.1, -0.05) is 56.1 Å². The fraction of sp³-hybridized carbons (Fsp3) is 0.548. The van der Waals surface area contributed by atoms with Crippen molar-refractivity contribution in [3.63, 3.8) is 0 Å². The third-order valence-corrected chi connectivity index (χ3v) is 9.48. The summed E-state index contributed by atoms with van der Waals surface area (Å²) in [4.78, 5) is 28.0. The van der Waals surface area contributed by atoms with Gasteiger partial charge in [0.25, 0.3) is 0 Å². The SMILES string of the molecule is CC(C)(C)C[C@H]1N[C@@H](C(=O)NCCC[C@H]2CC[C@@H](O)C2)[C@H](c2cccc(Cl)c2F)[C@@]12C(=O)Nc1cc(Cl)c(F)cc12. The van der Waals surface area contributed by atoms with E-state index in [1.807, 2.05) is 20.8 Å². The van der Waals surface area contributed by atoms with Gasteiger partial charge in [-0.15, -0.1) is 0 Å². The first-order valence-electron chi connectivity index (χ1n) is 14.3. The second-order valence-electron chi connectivity index (χ2n) is 13.0. The molecule has 1 aliphatic carbocycles. The number of halogens is 4. The van der Waals surface area contributed by atoms with Crippen molar-refractivity contribution in [1.82, 2.24) is 10.6 Å². The molecule has 4 N–H and O–H groups in total. The van der Waals surface area contributed by atoms with Crippen LogP contribution in [0.1, 0.15) is 76.3 Å². The Labute approximate surface area is 249 Å². The van der Waals surface area contributed by atoms with Crippen molar-refractivity contribution in [3.05, 3.63) is 63.1 Å². The Morgan fingerprint density at radius 3 is 2.61 bits per heavy atom. The number of fused-ring (bicyclic) bond motifs is 2. The molecule has 1 spiro atoms. The highest BCUT2D eigenvalue weighted by Crippen LogP contribution is 2.57. The van der Waals surface area contributed by atoms with Crippen molar-refractivity contribution < 1.29 is 23.5 Å². The number of hydrogen-bond acceptors (Lipinski definition) is 4. The van der Waals surface area contributed by atoms with Gasteiger partial charge in [-0.05, 0) is 79.2 Å². The molecule has 2 amide bonds. The fourth-order valence-electron chi connectivity index (χ4n) is 7.19. The zero-order chi connectivity index (χ0) is 29.7. The Morgan fingerprint density at radius 1 is 1.17 bits per heavy atom. The van der Waals surface area contributed by atoms with Crippen LogP contribution in [0, 0.1) is 23.0 Å². The van der Waals surface area contributed by atoms with Crippen molar-refractivity contribution in [1.29, 1.82) is 0 Å². The molecule has 0 bridgehead atoms. The molecule has 2 aromatic carbocycles. The van der Waals surface area contributed by atoms with Crippen LogP contribution in [0.5, 0.6) is 0 Å². The summed E-state index contributed by atoms with van der Waals surface area (Å²) in [6.07, 6.45) is 4.37. The molecular formula is C31H37Cl2F2N3O3. The van der Waals surface area contributed by atoms with Gasteiger partial charge in [-0.3, -0.25) is 9.59 Å². The smallest absolute Gasteiger partial charge is 0.237 e. The number of aliphatic hydroxyl groups excluding tert-OH is 1. The van der Waals surface area contributed by atoms with E-state index in [0.717, 1.165) is 32.1 Å². The van der Waals surface area contributed by atoms with Gasteiger partial charge in [0.1, 0.15) is 17.0 Å². The average Bonchev–Trinajstić information content (AvgIpc) is 3.53. The summed E-state index contributed by atoms with van der Waals surface area (Å²) in [5.74, 6) is -2.83. The number of aliphatic hydroxyl groups is 1. The summed E-state index contributed by atoms with van der Waals surface area (Å²) in [7, 11) is 0. The Bertz CT molecular complexity index is 1350. The number of benzene rings is 2. The van der Waals surface area contributed by atoms with Gasteiger partial charge in [-0.25, -0.2) is 8.78 Å². The minimum Gasteiger partial charge on any atom is -0.393 e. The van der Waals surface area contributed by atoms with Gasteiger partial charge in [0, 0.05) is 24.2 Å². The van der Waals surface area contributed by atoms with Crippen molar-refractivity contribution in [2.75, 3.05) is 11.9 Å². The van der Waals surface area contributed by atoms with Gasteiger partial charge >= 0.3 is 0 Å². The molecule has 2 aliphatic heterocycles. The fourth-order valence-corrected chi connectivity index (χ4v) is 7.53. The van der Waals surface area contributed by atoms with Crippen LogP contribution in [0.25, 0.3) is 0 Å². The number of amides is 2. The van der Waals surface area contributed by atoms with Crippen LogP contribution in [0.3, 0.4) is 0 Å². The van der Waals surface area contributed by atoms with E-state index in [2.05, 4.69) is 16.0 Å². The van der Waals surface area contributed by atoms with Gasteiger partial charge in [-0.2, -0.15) is 0 Å². The quantitative estimate of drug-likeness (QED) is 0.287. The number of rotatable bonds is 7. The summed E-state index contributed by atoms with van der Waals surface area (Å²) in [6, 6.07) is 5.51. The van der Waals surface area contributed by atoms with Gasteiger partial charge < -0.3 is 21.1 Å². The van der Waals surface area contributed by atoms with Crippen molar-refractivity contribution in [2.24, 2.45) is 11.3 Å². The normalized spacial score (nSPS) is 29.2. The van der Waals surface area contributed by atoms with E-state index in [4.69, 9.17) is 23.2 Å². The predicted octanol–water partition coefficient (Wildman–Crippen LogP) is 6.08. The first kappa shape index (κ1) is 30.2. The lowest BCUT2D eigenvalue weighted by atomic mass is 9.62. The van der Waals surface area contributed by atoms with E-state index >= 15 is 8.78 Å². The number of anilines is 1. The maximum absolute atomic E-state index is 15.8. The van der Waals surface area contributed by atoms with Crippen molar-refractivity contribution >= 4 is 40.7 Å². The second-order valence-corrected chi connectivity index (χ2v) is 13.8. The number of carbonyl (C=O) groups excluding carboxylic acids is 2. The molecule has 5 rings (SSSR count). The Hall–Kier alpha value is -2.26. The van der Waals surface area contributed by atoms with E-state index in [-0.39, 0.29) is 33.0 Å². The highest BCUT2D eigenvalue weighted by Gasteiger charge is 2.66. The average molecular weight is 609 g/mol. The van der Waals surface area contributed by atoms with Gasteiger partial charge in [0.05, 0.1) is 22.2 Å². The minimum atomic E-state index is -1.51. The van der Waals surface area contributed by atoms with Crippen LogP contribution < -0.4 is 16.0 Å². The molecule has 1 saturated carbocycles. The lowest BCUT2D eigenvalue weighted by Crippen LogP contribution is -2.49. The molecule has 2 aromatic rings. The topological polar surface area (TPSA) is 90.5 Å². The first-order valence-corrected chi connectivity index (χ1v) is 15.0. The zero-order valence-electron chi connectivity index (χ0n) is 23.5. The maximum Gasteiger partial charge on any atom is 0.237 e. The van der Waals surface area contributed by atoms with Crippen LogP contribution in [0.15, 0.2) is 30.3 Å². The van der Waals surface area contributed by atoms with E-state index in [0.29, 0.717) is 30.1 Å². The zero-order valence-corrected chi connectivity index (χ0v) is 25.0. The van der Waals surface area contributed by atoms with Crippen molar-refractivity contribution in [2.45, 2.75) is 88.8 Å². The van der Waals surface area contributed by atoms with Crippen molar-refractivity contribution in [3.8, 4) is 0 Å². The van der Waals surface area contributed by atoms with Crippen LogP contribution in [-0.4, -0.2) is 41.7 Å². The molecule has 0 unspecified atom stereocenters. The van der Waals surface area contributed by atoms with Gasteiger partial charge in [0.2, 0.25) is 11.8 Å². The number of nitrogens with one attached hydrogen (secondary N) is 3. The Balaban J connectivity index is 1.56. The van der Waals surface area contributed by atoms with Crippen LogP contribution >= 0.6 is 23.2 Å². The molecule has 0 radical (unpaired) electrons. The summed E-state index contributed by atoms with van der Waals surface area (Å²) in [5.41, 5.74) is -1.02. The second kappa shape index (κ2) is 11.4. The summed E-state index contributed by atoms with van der Waals surface area (Å²) in [5, 5.41) is 18.8. The molecule has 1 saturated heterocycles. The Morgan fingerprint density at radius 2 is 1.93 bits per heavy atom. The number of carbonyl (C=O) groups is 2. The molecule has 10 heteroatoms.